The van der Waals surface area contributed by atoms with Gasteiger partial charge in [0, 0.05) is 43.7 Å². The quantitative estimate of drug-likeness (QED) is 0.178. The van der Waals surface area contributed by atoms with Gasteiger partial charge in [-0.1, -0.05) is 137 Å². The van der Waals surface area contributed by atoms with Crippen LogP contribution in [0.15, 0.2) is 146 Å². The first-order valence-electron chi connectivity index (χ1n) is 17.8. The molecule has 0 atom stereocenters. The topological polar surface area (TPSA) is 9.86 Å². The fourth-order valence-electron chi connectivity index (χ4n) is 9.90. The smallest absolute Gasteiger partial charge is 0.0795 e. The Labute approximate surface area is 291 Å². The molecule has 0 unspecified atom stereocenters. The lowest BCUT2D eigenvalue weighted by molar-refractivity contribution is 0.660. The van der Waals surface area contributed by atoms with Gasteiger partial charge >= 0.3 is 0 Å². The molecule has 0 fully saturated rings. The molecule has 0 saturated carbocycles. The van der Waals surface area contributed by atoms with Crippen LogP contribution in [0.1, 0.15) is 49.9 Å². The SMILES string of the molecule is CC1(C)c2ccccc2-c2ccc(-n3c4ccccc4c4c5c(c6c7ccccc7n(-c7ccccc7)c6c43)C(C)(C)c3ccccc3-5)cc21. The predicted molar refractivity (Wildman–Crippen MR) is 210 cm³/mol. The summed E-state index contributed by atoms with van der Waals surface area (Å²) >= 11 is 0. The molecule has 0 amide bonds. The van der Waals surface area contributed by atoms with E-state index in [4.69, 9.17) is 0 Å². The van der Waals surface area contributed by atoms with Crippen molar-refractivity contribution in [1.29, 1.82) is 0 Å². The van der Waals surface area contributed by atoms with E-state index in [9.17, 15) is 0 Å². The molecule has 9 aromatic rings. The maximum absolute atomic E-state index is 2.58. The summed E-state index contributed by atoms with van der Waals surface area (Å²) in [6.45, 7) is 9.61. The van der Waals surface area contributed by atoms with E-state index in [2.05, 4.69) is 182 Å². The van der Waals surface area contributed by atoms with Gasteiger partial charge in [0.2, 0.25) is 0 Å². The van der Waals surface area contributed by atoms with Crippen LogP contribution in [0.4, 0.5) is 0 Å². The summed E-state index contributed by atoms with van der Waals surface area (Å²) in [5.74, 6) is 0. The first-order valence-corrected chi connectivity index (χ1v) is 17.8. The van der Waals surface area contributed by atoms with Gasteiger partial charge in [-0.05, 0) is 80.9 Å². The predicted octanol–water partition coefficient (Wildman–Crippen LogP) is 12.5. The second kappa shape index (κ2) is 9.43. The molecule has 50 heavy (non-hydrogen) atoms. The molecule has 0 aliphatic heterocycles. The summed E-state index contributed by atoms with van der Waals surface area (Å²) in [7, 11) is 0. The Balaban J connectivity index is 1.41. The molecular formula is C48H36N2. The molecule has 0 radical (unpaired) electrons. The molecular weight excluding hydrogens is 605 g/mol. The van der Waals surface area contributed by atoms with E-state index in [0.29, 0.717) is 0 Å². The van der Waals surface area contributed by atoms with Gasteiger partial charge in [-0.25, -0.2) is 0 Å². The van der Waals surface area contributed by atoms with Crippen LogP contribution in [-0.2, 0) is 10.8 Å². The van der Waals surface area contributed by atoms with Gasteiger partial charge in [0.25, 0.3) is 0 Å². The standard InChI is InChI=1S/C48H36N2/c1-47(2)36-22-12-8-18-31(36)32-27-26-30(28-38(32)47)50-39-24-14-10-20-34(39)42-41-33-19-9-13-23-37(33)48(3,4)44(41)43-35-21-11-15-25-40(35)49(46(43)45(42)50)29-16-6-5-7-17-29/h5-28H,1-4H3. The molecule has 7 aromatic carbocycles. The molecule has 2 aliphatic carbocycles. The number of nitrogens with zero attached hydrogens (tertiary/aromatic N) is 2. The molecule has 2 heterocycles. The van der Waals surface area contributed by atoms with E-state index < -0.39 is 0 Å². The molecule has 0 spiro atoms. The maximum Gasteiger partial charge on any atom is 0.0795 e. The highest BCUT2D eigenvalue weighted by Gasteiger charge is 2.42. The number of hydrogen-bond donors (Lipinski definition) is 0. The fourth-order valence-corrected chi connectivity index (χ4v) is 9.90. The van der Waals surface area contributed by atoms with Crippen molar-refractivity contribution >= 4 is 43.6 Å². The lowest BCUT2D eigenvalue weighted by atomic mass is 9.80. The van der Waals surface area contributed by atoms with E-state index in [0.717, 1.165) is 0 Å². The number of hydrogen-bond acceptors (Lipinski definition) is 0. The molecule has 2 nitrogen and oxygen atoms in total. The Morgan fingerprint density at radius 2 is 0.920 bits per heavy atom. The largest absolute Gasteiger partial charge is 0.307 e. The van der Waals surface area contributed by atoms with Crippen LogP contribution in [0, 0.1) is 0 Å². The van der Waals surface area contributed by atoms with Crippen molar-refractivity contribution in [3.63, 3.8) is 0 Å². The normalized spacial score (nSPS) is 15.1. The molecule has 0 saturated heterocycles. The highest BCUT2D eigenvalue weighted by Crippen LogP contribution is 2.58. The van der Waals surface area contributed by atoms with Crippen LogP contribution in [0.5, 0.6) is 0 Å². The van der Waals surface area contributed by atoms with Crippen molar-refractivity contribution in [2.45, 2.75) is 38.5 Å². The molecule has 0 N–H and O–H groups in total. The van der Waals surface area contributed by atoms with E-state index in [1.165, 1.54) is 99.5 Å². The first-order chi connectivity index (χ1) is 24.4. The monoisotopic (exact) mass is 640 g/mol. The van der Waals surface area contributed by atoms with Crippen molar-refractivity contribution in [3.8, 4) is 33.6 Å². The number of benzene rings is 7. The van der Waals surface area contributed by atoms with Crippen LogP contribution in [0.2, 0.25) is 0 Å². The van der Waals surface area contributed by atoms with E-state index >= 15 is 0 Å². The highest BCUT2D eigenvalue weighted by molar-refractivity contribution is 6.31. The molecule has 2 aromatic heterocycles. The van der Waals surface area contributed by atoms with Crippen molar-refractivity contribution < 1.29 is 0 Å². The average Bonchev–Trinajstić information content (AvgIpc) is 3.81. The van der Waals surface area contributed by atoms with Gasteiger partial charge in [0.05, 0.1) is 22.1 Å². The third-order valence-electron chi connectivity index (χ3n) is 12.1. The average molecular weight is 641 g/mol. The van der Waals surface area contributed by atoms with Crippen LogP contribution in [0.25, 0.3) is 77.2 Å². The molecule has 11 rings (SSSR count). The Morgan fingerprint density at radius 1 is 0.400 bits per heavy atom. The minimum atomic E-state index is -0.184. The summed E-state index contributed by atoms with van der Waals surface area (Å²) in [6.07, 6.45) is 0. The van der Waals surface area contributed by atoms with Crippen molar-refractivity contribution in [2.24, 2.45) is 0 Å². The second-order valence-electron chi connectivity index (χ2n) is 15.3. The maximum atomic E-state index is 2.58. The van der Waals surface area contributed by atoms with Crippen LogP contribution >= 0.6 is 0 Å². The van der Waals surface area contributed by atoms with Crippen LogP contribution in [-0.4, -0.2) is 9.13 Å². The molecule has 0 bridgehead atoms. The van der Waals surface area contributed by atoms with Gasteiger partial charge in [0.1, 0.15) is 0 Å². The van der Waals surface area contributed by atoms with Gasteiger partial charge in [-0.3, -0.25) is 0 Å². The Kier molecular flexibility index (Phi) is 5.28. The van der Waals surface area contributed by atoms with Gasteiger partial charge in [-0.2, -0.15) is 0 Å². The number of para-hydroxylation sites is 3. The molecule has 2 heteroatoms. The van der Waals surface area contributed by atoms with Crippen LogP contribution < -0.4 is 0 Å². The van der Waals surface area contributed by atoms with Gasteiger partial charge in [0.15, 0.2) is 0 Å². The van der Waals surface area contributed by atoms with Crippen molar-refractivity contribution in [2.75, 3.05) is 0 Å². The lowest BCUT2D eigenvalue weighted by Gasteiger charge is -2.24. The van der Waals surface area contributed by atoms with Crippen molar-refractivity contribution in [1.82, 2.24) is 9.13 Å². The molecule has 2 aliphatic rings. The second-order valence-corrected chi connectivity index (χ2v) is 15.3. The zero-order valence-corrected chi connectivity index (χ0v) is 28.8. The van der Waals surface area contributed by atoms with E-state index in [1.807, 2.05) is 0 Å². The first kappa shape index (κ1) is 28.0. The summed E-state index contributed by atoms with van der Waals surface area (Å²) < 4.78 is 5.12. The van der Waals surface area contributed by atoms with Gasteiger partial charge in [-0.15, -0.1) is 0 Å². The number of aromatic nitrogens is 2. The van der Waals surface area contributed by atoms with E-state index in [1.54, 1.807) is 0 Å². The highest BCUT2D eigenvalue weighted by atomic mass is 15.0. The summed E-state index contributed by atoms with van der Waals surface area (Å²) in [6, 6.07) is 54.3. The summed E-state index contributed by atoms with van der Waals surface area (Å²) in [5, 5.41) is 5.28. The summed E-state index contributed by atoms with van der Waals surface area (Å²) in [4.78, 5) is 0. The molecule has 238 valence electrons. The Morgan fingerprint density at radius 3 is 1.64 bits per heavy atom. The number of rotatable bonds is 2. The fraction of sp³-hybridized carbons (Fsp3) is 0.125. The van der Waals surface area contributed by atoms with Gasteiger partial charge < -0.3 is 9.13 Å². The minimum Gasteiger partial charge on any atom is -0.307 e. The van der Waals surface area contributed by atoms with Crippen molar-refractivity contribution in [3.05, 3.63) is 168 Å². The number of fused-ring (bicyclic) bond motifs is 15. The third kappa shape index (κ3) is 3.29. The van der Waals surface area contributed by atoms with E-state index in [-0.39, 0.29) is 10.8 Å². The zero-order valence-electron chi connectivity index (χ0n) is 28.8. The zero-order chi connectivity index (χ0) is 33.5. The summed E-state index contributed by atoms with van der Waals surface area (Å²) in [5.41, 5.74) is 18.1. The lowest BCUT2D eigenvalue weighted by Crippen LogP contribution is -2.16. The van der Waals surface area contributed by atoms with Crippen LogP contribution in [0.3, 0.4) is 0 Å². The third-order valence-corrected chi connectivity index (χ3v) is 12.1. The Hall–Kier alpha value is -5.86. The Bertz CT molecular complexity index is 2910. The minimum absolute atomic E-state index is 0.0981.